The molecule has 6 nitrogen and oxygen atoms in total. The fourth-order valence-electron chi connectivity index (χ4n) is 3.05. The van der Waals surface area contributed by atoms with Crippen LogP contribution in [0.25, 0.3) is 0 Å². The van der Waals surface area contributed by atoms with Crippen molar-refractivity contribution in [1.29, 1.82) is 0 Å². The number of benzene rings is 3. The van der Waals surface area contributed by atoms with Gasteiger partial charge >= 0.3 is 0 Å². The lowest BCUT2D eigenvalue weighted by Gasteiger charge is -2.19. The summed E-state index contributed by atoms with van der Waals surface area (Å²) in [6, 6.07) is 23.7. The Bertz CT molecular complexity index is 1070. The Kier molecular flexibility index (Phi) is 7.21. The lowest BCUT2D eigenvalue weighted by atomic mass is 10.1. The highest BCUT2D eigenvalue weighted by atomic mass is 32.2. The van der Waals surface area contributed by atoms with Crippen molar-refractivity contribution in [1.82, 2.24) is 10.0 Å². The van der Waals surface area contributed by atoms with Crippen molar-refractivity contribution < 1.29 is 17.9 Å². The average Bonchev–Trinajstić information content (AvgIpc) is 2.78. The van der Waals surface area contributed by atoms with Gasteiger partial charge in [-0.2, -0.15) is 4.72 Å². The van der Waals surface area contributed by atoms with E-state index in [0.29, 0.717) is 5.75 Å². The van der Waals surface area contributed by atoms with Crippen molar-refractivity contribution in [2.24, 2.45) is 0 Å². The number of ether oxygens (including phenoxy) is 1. The molecule has 0 spiro atoms. The van der Waals surface area contributed by atoms with E-state index in [-0.39, 0.29) is 17.9 Å². The standard InChI is InChI=1S/C23H24N2O4S/c1-29-22-15-9-8-12-19(22)17-24-23(26)21(16-18-10-4-2-5-11-18)25-30(27,28)20-13-6-3-7-14-20/h2-15,21,25H,16-17H2,1H3,(H,24,26)/t21-/m1/s1. The van der Waals surface area contributed by atoms with Gasteiger partial charge in [0.2, 0.25) is 15.9 Å². The maximum atomic E-state index is 13.0. The van der Waals surface area contributed by atoms with Crippen LogP contribution in [-0.2, 0) is 27.8 Å². The molecule has 0 saturated heterocycles. The Balaban J connectivity index is 1.79. The molecule has 0 bridgehead atoms. The molecule has 0 radical (unpaired) electrons. The molecule has 2 N–H and O–H groups in total. The zero-order valence-corrected chi connectivity index (χ0v) is 17.4. The van der Waals surface area contributed by atoms with Gasteiger partial charge in [0.05, 0.1) is 12.0 Å². The van der Waals surface area contributed by atoms with E-state index in [1.165, 1.54) is 12.1 Å². The summed E-state index contributed by atoms with van der Waals surface area (Å²) in [5, 5.41) is 2.82. The molecule has 0 heterocycles. The topological polar surface area (TPSA) is 84.5 Å². The molecule has 30 heavy (non-hydrogen) atoms. The number of rotatable bonds is 9. The molecular formula is C23H24N2O4S. The second kappa shape index (κ2) is 10.0. The van der Waals surface area contributed by atoms with Crippen LogP contribution in [0.1, 0.15) is 11.1 Å². The maximum Gasteiger partial charge on any atom is 0.241 e. The van der Waals surface area contributed by atoms with Crippen molar-refractivity contribution in [3.63, 3.8) is 0 Å². The number of methoxy groups -OCH3 is 1. The van der Waals surface area contributed by atoms with Gasteiger partial charge in [0.25, 0.3) is 0 Å². The van der Waals surface area contributed by atoms with E-state index in [9.17, 15) is 13.2 Å². The summed E-state index contributed by atoms with van der Waals surface area (Å²) in [5.74, 6) is 0.242. The van der Waals surface area contributed by atoms with E-state index in [1.807, 2.05) is 48.5 Å². The van der Waals surface area contributed by atoms with Crippen molar-refractivity contribution in [3.05, 3.63) is 96.1 Å². The summed E-state index contributed by atoms with van der Waals surface area (Å²) in [6.45, 7) is 0.223. The summed E-state index contributed by atoms with van der Waals surface area (Å²) >= 11 is 0. The summed E-state index contributed by atoms with van der Waals surface area (Å²) in [6.07, 6.45) is 0.227. The predicted octanol–water partition coefficient (Wildman–Crippen LogP) is 2.90. The van der Waals surface area contributed by atoms with E-state index in [2.05, 4.69) is 10.0 Å². The molecule has 0 aliphatic carbocycles. The van der Waals surface area contributed by atoms with Crippen LogP contribution < -0.4 is 14.8 Å². The van der Waals surface area contributed by atoms with Gasteiger partial charge in [-0.15, -0.1) is 0 Å². The van der Waals surface area contributed by atoms with Crippen LogP contribution in [0.3, 0.4) is 0 Å². The molecule has 0 fully saturated rings. The van der Waals surface area contributed by atoms with Gasteiger partial charge in [-0.3, -0.25) is 4.79 Å². The third-order valence-corrected chi connectivity index (χ3v) is 6.08. The first-order valence-corrected chi connectivity index (χ1v) is 11.0. The SMILES string of the molecule is COc1ccccc1CNC(=O)[C@@H](Cc1ccccc1)NS(=O)(=O)c1ccccc1. The van der Waals surface area contributed by atoms with Crippen LogP contribution in [0.5, 0.6) is 5.75 Å². The molecule has 7 heteroatoms. The molecular weight excluding hydrogens is 400 g/mol. The first-order chi connectivity index (χ1) is 14.5. The van der Waals surface area contributed by atoms with Crippen molar-refractivity contribution in [2.75, 3.05) is 7.11 Å². The summed E-state index contributed by atoms with van der Waals surface area (Å²) < 4.78 is 33.5. The predicted molar refractivity (Wildman–Crippen MR) is 116 cm³/mol. The minimum atomic E-state index is -3.86. The van der Waals surface area contributed by atoms with E-state index < -0.39 is 22.0 Å². The molecule has 3 rings (SSSR count). The highest BCUT2D eigenvalue weighted by Crippen LogP contribution is 2.17. The number of amides is 1. The molecule has 1 atom stereocenters. The summed E-state index contributed by atoms with van der Waals surface area (Å²) in [7, 11) is -2.29. The minimum Gasteiger partial charge on any atom is -0.496 e. The first-order valence-electron chi connectivity index (χ1n) is 9.50. The number of hydrogen-bond acceptors (Lipinski definition) is 4. The average molecular weight is 425 g/mol. The zero-order valence-electron chi connectivity index (χ0n) is 16.6. The van der Waals surface area contributed by atoms with Crippen LogP contribution in [0.15, 0.2) is 89.8 Å². The Morgan fingerprint density at radius 3 is 2.17 bits per heavy atom. The van der Waals surface area contributed by atoms with Crippen molar-refractivity contribution >= 4 is 15.9 Å². The molecule has 0 aliphatic heterocycles. The van der Waals surface area contributed by atoms with Gasteiger partial charge < -0.3 is 10.1 Å². The second-order valence-corrected chi connectivity index (χ2v) is 8.42. The number of para-hydroxylation sites is 1. The lowest BCUT2D eigenvalue weighted by molar-refractivity contribution is -0.122. The Hall–Kier alpha value is -3.16. The highest BCUT2D eigenvalue weighted by Gasteiger charge is 2.26. The van der Waals surface area contributed by atoms with E-state index >= 15 is 0 Å². The van der Waals surface area contributed by atoms with Crippen LogP contribution in [0, 0.1) is 0 Å². The van der Waals surface area contributed by atoms with Gasteiger partial charge in [-0.05, 0) is 30.2 Å². The first kappa shape index (κ1) is 21.5. The Labute approximate surface area is 177 Å². The van der Waals surface area contributed by atoms with Gasteiger partial charge in [0.1, 0.15) is 11.8 Å². The van der Waals surface area contributed by atoms with Crippen LogP contribution in [-0.4, -0.2) is 27.5 Å². The fraction of sp³-hybridized carbons (Fsp3) is 0.174. The van der Waals surface area contributed by atoms with Gasteiger partial charge in [-0.1, -0.05) is 66.7 Å². The number of carbonyl (C=O) groups excluding carboxylic acids is 1. The number of nitrogens with one attached hydrogen (secondary N) is 2. The maximum absolute atomic E-state index is 13.0. The molecule has 0 saturated carbocycles. The van der Waals surface area contributed by atoms with Gasteiger partial charge in [0, 0.05) is 12.1 Å². The smallest absolute Gasteiger partial charge is 0.241 e. The molecule has 0 aromatic heterocycles. The summed E-state index contributed by atoms with van der Waals surface area (Å²) in [5.41, 5.74) is 1.66. The van der Waals surface area contributed by atoms with Crippen molar-refractivity contribution in [2.45, 2.75) is 23.9 Å². The van der Waals surface area contributed by atoms with E-state index in [4.69, 9.17) is 4.74 Å². The number of sulfonamides is 1. The lowest BCUT2D eigenvalue weighted by Crippen LogP contribution is -2.47. The monoisotopic (exact) mass is 424 g/mol. The van der Waals surface area contributed by atoms with Crippen LogP contribution in [0.2, 0.25) is 0 Å². The third kappa shape index (κ3) is 5.68. The van der Waals surface area contributed by atoms with Crippen LogP contribution in [0.4, 0.5) is 0 Å². The molecule has 156 valence electrons. The van der Waals surface area contributed by atoms with Crippen molar-refractivity contribution in [3.8, 4) is 5.75 Å². The zero-order chi connectivity index (χ0) is 21.4. The van der Waals surface area contributed by atoms with E-state index in [1.54, 1.807) is 31.4 Å². The highest BCUT2D eigenvalue weighted by molar-refractivity contribution is 7.89. The second-order valence-electron chi connectivity index (χ2n) is 6.71. The Morgan fingerprint density at radius 1 is 0.900 bits per heavy atom. The fourth-order valence-corrected chi connectivity index (χ4v) is 4.26. The molecule has 3 aromatic carbocycles. The van der Waals surface area contributed by atoms with Crippen LogP contribution >= 0.6 is 0 Å². The molecule has 0 unspecified atom stereocenters. The molecule has 1 amide bonds. The largest absolute Gasteiger partial charge is 0.496 e. The third-order valence-electron chi connectivity index (χ3n) is 4.60. The molecule has 3 aromatic rings. The molecule has 0 aliphatic rings. The number of hydrogen-bond donors (Lipinski definition) is 2. The normalized spacial score (nSPS) is 12.2. The van der Waals surface area contributed by atoms with Gasteiger partial charge in [0.15, 0.2) is 0 Å². The summed E-state index contributed by atoms with van der Waals surface area (Å²) in [4.78, 5) is 13.1. The Morgan fingerprint density at radius 2 is 1.50 bits per heavy atom. The quantitative estimate of drug-likeness (QED) is 0.553. The van der Waals surface area contributed by atoms with Gasteiger partial charge in [-0.25, -0.2) is 8.42 Å². The number of carbonyl (C=O) groups is 1. The van der Waals surface area contributed by atoms with E-state index in [0.717, 1.165) is 11.1 Å². The minimum absolute atomic E-state index is 0.112.